The molecule has 0 atom stereocenters. The third kappa shape index (κ3) is 4.33. The number of nitrogens with zero attached hydrogens (tertiary/aromatic N) is 2. The van der Waals surface area contributed by atoms with Crippen LogP contribution in [0.3, 0.4) is 0 Å². The Labute approximate surface area is 146 Å². The summed E-state index contributed by atoms with van der Waals surface area (Å²) in [4.78, 5) is 19.0. The van der Waals surface area contributed by atoms with Gasteiger partial charge in [-0.05, 0) is 18.1 Å². The Bertz CT molecular complexity index is 680. The summed E-state index contributed by atoms with van der Waals surface area (Å²) >= 11 is 1.62. The van der Waals surface area contributed by atoms with Crippen molar-refractivity contribution in [1.82, 2.24) is 10.3 Å². The second-order valence-electron chi connectivity index (χ2n) is 5.77. The molecule has 6 heteroatoms. The number of benzene rings is 1. The molecular formula is C18H23N3O2S. The second-order valence-corrected chi connectivity index (χ2v) is 6.71. The Morgan fingerprint density at radius 3 is 2.88 bits per heavy atom. The van der Waals surface area contributed by atoms with Gasteiger partial charge in [0.05, 0.1) is 30.3 Å². The molecule has 1 saturated heterocycles. The zero-order valence-corrected chi connectivity index (χ0v) is 14.8. The highest BCUT2D eigenvalue weighted by Crippen LogP contribution is 2.21. The lowest BCUT2D eigenvalue weighted by molar-refractivity contribution is -0.120. The van der Waals surface area contributed by atoms with Gasteiger partial charge in [0.25, 0.3) is 0 Å². The van der Waals surface area contributed by atoms with Crippen LogP contribution in [0.1, 0.15) is 23.2 Å². The second kappa shape index (κ2) is 8.26. The van der Waals surface area contributed by atoms with Crippen molar-refractivity contribution >= 4 is 22.9 Å². The molecule has 1 fully saturated rings. The average Bonchev–Trinajstić information content (AvgIpc) is 3.08. The summed E-state index contributed by atoms with van der Waals surface area (Å²) in [6, 6.07) is 8.24. The molecular weight excluding hydrogens is 322 g/mol. The van der Waals surface area contributed by atoms with Crippen molar-refractivity contribution in [2.45, 2.75) is 26.3 Å². The van der Waals surface area contributed by atoms with Crippen molar-refractivity contribution in [3.63, 3.8) is 0 Å². The Morgan fingerprint density at radius 2 is 2.12 bits per heavy atom. The lowest BCUT2D eigenvalue weighted by atomic mass is 10.1. The summed E-state index contributed by atoms with van der Waals surface area (Å²) in [6.07, 6.45) is 1.26. The van der Waals surface area contributed by atoms with Gasteiger partial charge in [0, 0.05) is 30.7 Å². The molecule has 128 valence electrons. The molecule has 1 N–H and O–H groups in total. The number of amides is 1. The number of hydrogen-bond donors (Lipinski definition) is 1. The number of rotatable bonds is 6. The fourth-order valence-electron chi connectivity index (χ4n) is 2.79. The standard InChI is InChI=1S/C18H23N3O2S/c1-2-18-20-15(13-24-18)11-17(22)19-12-14-5-3-4-6-16(14)21-7-9-23-10-8-21/h3-6,13H,2,7-12H2,1H3,(H,19,22). The van der Waals surface area contributed by atoms with E-state index >= 15 is 0 Å². The van der Waals surface area contributed by atoms with E-state index in [1.54, 1.807) is 11.3 Å². The van der Waals surface area contributed by atoms with E-state index < -0.39 is 0 Å². The summed E-state index contributed by atoms with van der Waals surface area (Å²) in [6.45, 7) is 5.91. The number of thiazole rings is 1. The number of para-hydroxylation sites is 1. The van der Waals surface area contributed by atoms with Crippen molar-refractivity contribution in [3.8, 4) is 0 Å². The molecule has 2 aromatic rings. The van der Waals surface area contributed by atoms with Crippen LogP contribution in [0.25, 0.3) is 0 Å². The van der Waals surface area contributed by atoms with Gasteiger partial charge in [-0.25, -0.2) is 4.98 Å². The van der Waals surface area contributed by atoms with Crippen LogP contribution in [0, 0.1) is 0 Å². The fraction of sp³-hybridized carbons (Fsp3) is 0.444. The zero-order valence-electron chi connectivity index (χ0n) is 14.0. The Balaban J connectivity index is 1.58. The number of anilines is 1. The van der Waals surface area contributed by atoms with E-state index in [0.29, 0.717) is 13.0 Å². The van der Waals surface area contributed by atoms with Crippen LogP contribution in [-0.4, -0.2) is 37.2 Å². The number of ether oxygens (including phenoxy) is 1. The van der Waals surface area contributed by atoms with Gasteiger partial charge >= 0.3 is 0 Å². The number of aromatic nitrogens is 1. The number of morpholine rings is 1. The van der Waals surface area contributed by atoms with Gasteiger partial charge in [-0.3, -0.25) is 4.79 Å². The molecule has 1 amide bonds. The van der Waals surface area contributed by atoms with Gasteiger partial charge in [-0.1, -0.05) is 25.1 Å². The lowest BCUT2D eigenvalue weighted by Gasteiger charge is -2.30. The van der Waals surface area contributed by atoms with Gasteiger partial charge in [0.2, 0.25) is 5.91 Å². The van der Waals surface area contributed by atoms with Crippen LogP contribution in [0.5, 0.6) is 0 Å². The first-order chi connectivity index (χ1) is 11.8. The maximum Gasteiger partial charge on any atom is 0.226 e. The maximum absolute atomic E-state index is 12.2. The van der Waals surface area contributed by atoms with Crippen LogP contribution < -0.4 is 10.2 Å². The summed E-state index contributed by atoms with van der Waals surface area (Å²) in [5.74, 6) is 0.0136. The Kier molecular flexibility index (Phi) is 5.82. The van der Waals surface area contributed by atoms with E-state index in [9.17, 15) is 4.79 Å². The van der Waals surface area contributed by atoms with E-state index in [4.69, 9.17) is 4.74 Å². The first-order valence-corrected chi connectivity index (χ1v) is 9.25. The van der Waals surface area contributed by atoms with Crippen LogP contribution >= 0.6 is 11.3 Å². The highest BCUT2D eigenvalue weighted by atomic mass is 32.1. The minimum absolute atomic E-state index is 0.0136. The minimum Gasteiger partial charge on any atom is -0.378 e. The fourth-order valence-corrected chi connectivity index (χ4v) is 3.53. The Morgan fingerprint density at radius 1 is 1.33 bits per heavy atom. The van der Waals surface area contributed by atoms with E-state index in [0.717, 1.165) is 49.0 Å². The van der Waals surface area contributed by atoms with Crippen LogP contribution in [0.4, 0.5) is 5.69 Å². The normalized spacial score (nSPS) is 14.6. The van der Waals surface area contributed by atoms with Crippen LogP contribution in [-0.2, 0) is 28.9 Å². The third-order valence-corrected chi connectivity index (χ3v) is 5.10. The molecule has 0 aliphatic carbocycles. The zero-order chi connectivity index (χ0) is 16.8. The molecule has 1 aliphatic heterocycles. The summed E-state index contributed by atoms with van der Waals surface area (Å²) in [7, 11) is 0. The first kappa shape index (κ1) is 16.9. The molecule has 24 heavy (non-hydrogen) atoms. The van der Waals surface area contributed by atoms with Crippen molar-refractivity contribution in [1.29, 1.82) is 0 Å². The minimum atomic E-state index is 0.0136. The van der Waals surface area contributed by atoms with Gasteiger partial charge in [-0.15, -0.1) is 11.3 Å². The van der Waals surface area contributed by atoms with Gasteiger partial charge in [0.1, 0.15) is 0 Å². The molecule has 0 bridgehead atoms. The molecule has 0 unspecified atom stereocenters. The third-order valence-electron chi connectivity index (χ3n) is 4.06. The number of aryl methyl sites for hydroxylation is 1. The smallest absolute Gasteiger partial charge is 0.226 e. The monoisotopic (exact) mass is 345 g/mol. The van der Waals surface area contributed by atoms with Crippen molar-refractivity contribution in [3.05, 3.63) is 45.9 Å². The van der Waals surface area contributed by atoms with E-state index in [1.165, 1.54) is 5.69 Å². The molecule has 0 spiro atoms. The summed E-state index contributed by atoms with van der Waals surface area (Å²) in [5, 5.41) is 6.07. The maximum atomic E-state index is 12.2. The van der Waals surface area contributed by atoms with Gasteiger partial charge in [0.15, 0.2) is 0 Å². The molecule has 5 nitrogen and oxygen atoms in total. The highest BCUT2D eigenvalue weighted by Gasteiger charge is 2.15. The number of carbonyl (C=O) groups is 1. The molecule has 0 saturated carbocycles. The lowest BCUT2D eigenvalue weighted by Crippen LogP contribution is -2.37. The van der Waals surface area contributed by atoms with E-state index in [-0.39, 0.29) is 5.91 Å². The molecule has 1 aromatic heterocycles. The van der Waals surface area contributed by atoms with Gasteiger partial charge in [-0.2, -0.15) is 0 Å². The number of nitrogens with one attached hydrogen (secondary N) is 1. The van der Waals surface area contributed by atoms with Crippen LogP contribution in [0.15, 0.2) is 29.6 Å². The topological polar surface area (TPSA) is 54.5 Å². The molecule has 1 aliphatic rings. The van der Waals surface area contributed by atoms with Crippen molar-refractivity contribution in [2.75, 3.05) is 31.2 Å². The summed E-state index contributed by atoms with van der Waals surface area (Å²) in [5.41, 5.74) is 3.18. The first-order valence-electron chi connectivity index (χ1n) is 8.37. The molecule has 2 heterocycles. The van der Waals surface area contributed by atoms with Crippen molar-refractivity contribution in [2.24, 2.45) is 0 Å². The predicted molar refractivity (Wildman–Crippen MR) is 96.5 cm³/mol. The molecule has 0 radical (unpaired) electrons. The highest BCUT2D eigenvalue weighted by molar-refractivity contribution is 7.09. The largest absolute Gasteiger partial charge is 0.378 e. The SMILES string of the molecule is CCc1nc(CC(=O)NCc2ccccc2N2CCOCC2)cs1. The molecule has 1 aromatic carbocycles. The Hall–Kier alpha value is -1.92. The quantitative estimate of drug-likeness (QED) is 0.873. The summed E-state index contributed by atoms with van der Waals surface area (Å²) < 4.78 is 5.42. The predicted octanol–water partition coefficient (Wildman–Crippen LogP) is 2.40. The average molecular weight is 345 g/mol. The molecule has 3 rings (SSSR count). The van der Waals surface area contributed by atoms with E-state index in [1.807, 2.05) is 17.5 Å². The number of hydrogen-bond acceptors (Lipinski definition) is 5. The van der Waals surface area contributed by atoms with Gasteiger partial charge < -0.3 is 15.0 Å². The van der Waals surface area contributed by atoms with E-state index in [2.05, 4.69) is 34.3 Å². The van der Waals surface area contributed by atoms with Crippen molar-refractivity contribution < 1.29 is 9.53 Å². The van der Waals surface area contributed by atoms with Crippen LogP contribution in [0.2, 0.25) is 0 Å². The number of carbonyl (C=O) groups excluding carboxylic acids is 1.